The van der Waals surface area contributed by atoms with Crippen LogP contribution < -0.4 is 0 Å². The van der Waals surface area contributed by atoms with Gasteiger partial charge in [-0.05, 0) is 25.3 Å². The highest BCUT2D eigenvalue weighted by molar-refractivity contribution is 5.35. The van der Waals surface area contributed by atoms with Crippen LogP contribution in [0.15, 0.2) is 24.3 Å². The van der Waals surface area contributed by atoms with E-state index in [0.717, 1.165) is 25.0 Å². The second kappa shape index (κ2) is 4.04. The fraction of sp³-hybridized carbons (Fsp3) is 0.462. The zero-order valence-electron chi connectivity index (χ0n) is 8.99. The van der Waals surface area contributed by atoms with E-state index in [1.165, 1.54) is 5.56 Å². The third-order valence-corrected chi connectivity index (χ3v) is 3.03. The third-order valence-electron chi connectivity index (χ3n) is 3.03. The van der Waals surface area contributed by atoms with Crippen molar-refractivity contribution in [3.05, 3.63) is 35.4 Å². The molecule has 0 N–H and O–H groups in total. The Kier molecular flexibility index (Phi) is 2.75. The van der Waals surface area contributed by atoms with Crippen LogP contribution in [0.25, 0.3) is 0 Å². The number of aryl methyl sites for hydroxylation is 1. The van der Waals surface area contributed by atoms with E-state index < -0.39 is 5.41 Å². The van der Waals surface area contributed by atoms with Crippen molar-refractivity contribution in [3.63, 3.8) is 0 Å². The molecule has 0 aromatic heterocycles. The van der Waals surface area contributed by atoms with Gasteiger partial charge in [0, 0.05) is 6.61 Å². The second-order valence-corrected chi connectivity index (χ2v) is 4.22. The molecule has 0 aliphatic carbocycles. The number of rotatable bonds is 1. The van der Waals surface area contributed by atoms with Gasteiger partial charge in [-0.2, -0.15) is 5.26 Å². The Balaban J connectivity index is 2.37. The van der Waals surface area contributed by atoms with E-state index in [1.54, 1.807) is 0 Å². The maximum absolute atomic E-state index is 9.36. The molecule has 0 bridgehead atoms. The third kappa shape index (κ3) is 1.88. The maximum Gasteiger partial charge on any atom is 0.106 e. The zero-order valence-corrected chi connectivity index (χ0v) is 8.99. The van der Waals surface area contributed by atoms with Crippen LogP contribution in [0.4, 0.5) is 0 Å². The molecule has 0 amide bonds. The molecule has 1 heterocycles. The average Bonchev–Trinajstić information content (AvgIpc) is 2.30. The molecule has 1 aliphatic rings. The molecule has 2 heteroatoms. The second-order valence-electron chi connectivity index (χ2n) is 4.22. The normalized spacial score (nSPS) is 25.9. The molecule has 0 unspecified atom stereocenters. The van der Waals surface area contributed by atoms with Crippen molar-refractivity contribution in [3.8, 4) is 6.07 Å². The predicted octanol–water partition coefficient (Wildman–Crippen LogP) is 2.57. The highest BCUT2D eigenvalue weighted by Gasteiger charge is 2.34. The van der Waals surface area contributed by atoms with Crippen LogP contribution in [-0.4, -0.2) is 13.2 Å². The number of benzene rings is 1. The molecule has 2 nitrogen and oxygen atoms in total. The van der Waals surface area contributed by atoms with Crippen molar-refractivity contribution in [1.82, 2.24) is 0 Å². The Morgan fingerprint density at radius 2 is 2.33 bits per heavy atom. The van der Waals surface area contributed by atoms with Gasteiger partial charge in [-0.1, -0.05) is 29.8 Å². The average molecular weight is 201 g/mol. The standard InChI is InChI=1S/C13H15NO/c1-11-4-2-5-12(8-11)13(9-14)6-3-7-15-10-13/h2,4-5,8H,3,6-7,10H2,1H3/t13-/m1/s1. The minimum atomic E-state index is -0.412. The van der Waals surface area contributed by atoms with Gasteiger partial charge < -0.3 is 4.74 Å². The van der Waals surface area contributed by atoms with Crippen LogP contribution in [0, 0.1) is 18.3 Å². The van der Waals surface area contributed by atoms with Crippen LogP contribution in [0.2, 0.25) is 0 Å². The number of nitriles is 1. The first-order valence-electron chi connectivity index (χ1n) is 5.33. The van der Waals surface area contributed by atoms with Crippen molar-refractivity contribution >= 4 is 0 Å². The van der Waals surface area contributed by atoms with Crippen LogP contribution >= 0.6 is 0 Å². The molecule has 1 aromatic rings. The summed E-state index contributed by atoms with van der Waals surface area (Å²) in [5.41, 5.74) is 1.89. The number of nitrogens with zero attached hydrogens (tertiary/aromatic N) is 1. The minimum absolute atomic E-state index is 0.412. The van der Waals surface area contributed by atoms with Crippen molar-refractivity contribution in [2.24, 2.45) is 0 Å². The summed E-state index contributed by atoms with van der Waals surface area (Å²) in [6.07, 6.45) is 1.88. The largest absolute Gasteiger partial charge is 0.379 e. The lowest BCUT2D eigenvalue weighted by atomic mass is 9.77. The van der Waals surface area contributed by atoms with Gasteiger partial charge in [0.1, 0.15) is 5.41 Å². The molecule has 0 radical (unpaired) electrons. The number of ether oxygens (including phenoxy) is 1. The molecule has 0 saturated carbocycles. The van der Waals surface area contributed by atoms with E-state index in [1.807, 2.05) is 12.1 Å². The lowest BCUT2D eigenvalue weighted by molar-refractivity contribution is 0.0563. The number of hydrogen-bond donors (Lipinski definition) is 0. The molecule has 2 rings (SSSR count). The molecular formula is C13H15NO. The summed E-state index contributed by atoms with van der Waals surface area (Å²) in [5, 5.41) is 9.36. The molecule has 78 valence electrons. The number of hydrogen-bond acceptors (Lipinski definition) is 2. The molecular weight excluding hydrogens is 186 g/mol. The predicted molar refractivity (Wildman–Crippen MR) is 58.5 cm³/mol. The molecule has 15 heavy (non-hydrogen) atoms. The van der Waals surface area contributed by atoms with Crippen molar-refractivity contribution in [2.75, 3.05) is 13.2 Å². The van der Waals surface area contributed by atoms with Crippen LogP contribution in [0.5, 0.6) is 0 Å². The van der Waals surface area contributed by atoms with E-state index in [2.05, 4.69) is 25.1 Å². The SMILES string of the molecule is Cc1cccc([C@@]2(C#N)CCCOC2)c1. The van der Waals surface area contributed by atoms with Gasteiger partial charge in [0.2, 0.25) is 0 Å². The van der Waals surface area contributed by atoms with Gasteiger partial charge in [-0.3, -0.25) is 0 Å². The topological polar surface area (TPSA) is 33.0 Å². The van der Waals surface area contributed by atoms with Gasteiger partial charge >= 0.3 is 0 Å². The molecule has 0 spiro atoms. The van der Waals surface area contributed by atoms with Crippen molar-refractivity contribution in [2.45, 2.75) is 25.2 Å². The summed E-state index contributed by atoms with van der Waals surface area (Å²) in [6, 6.07) is 10.6. The minimum Gasteiger partial charge on any atom is -0.379 e. The first-order valence-corrected chi connectivity index (χ1v) is 5.33. The molecule has 1 atom stereocenters. The lowest BCUT2D eigenvalue weighted by Gasteiger charge is -2.31. The highest BCUT2D eigenvalue weighted by Crippen LogP contribution is 2.32. The van der Waals surface area contributed by atoms with Crippen LogP contribution in [0.1, 0.15) is 24.0 Å². The quantitative estimate of drug-likeness (QED) is 0.699. The van der Waals surface area contributed by atoms with E-state index >= 15 is 0 Å². The van der Waals surface area contributed by atoms with E-state index in [9.17, 15) is 5.26 Å². The van der Waals surface area contributed by atoms with Gasteiger partial charge in [0.15, 0.2) is 0 Å². The smallest absolute Gasteiger partial charge is 0.106 e. The summed E-state index contributed by atoms with van der Waals surface area (Å²) in [7, 11) is 0. The summed E-state index contributed by atoms with van der Waals surface area (Å²) >= 11 is 0. The summed E-state index contributed by atoms with van der Waals surface area (Å²) < 4.78 is 5.45. The maximum atomic E-state index is 9.36. The van der Waals surface area contributed by atoms with Crippen LogP contribution in [-0.2, 0) is 10.2 Å². The summed E-state index contributed by atoms with van der Waals surface area (Å²) in [5.74, 6) is 0. The van der Waals surface area contributed by atoms with E-state index in [4.69, 9.17) is 4.74 Å². The van der Waals surface area contributed by atoms with Crippen molar-refractivity contribution < 1.29 is 4.74 Å². The monoisotopic (exact) mass is 201 g/mol. The van der Waals surface area contributed by atoms with Gasteiger partial charge in [-0.25, -0.2) is 0 Å². The summed E-state index contributed by atoms with van der Waals surface area (Å²) in [6.45, 7) is 3.38. The highest BCUT2D eigenvalue weighted by atomic mass is 16.5. The first kappa shape index (κ1) is 10.2. The fourth-order valence-corrected chi connectivity index (χ4v) is 2.12. The van der Waals surface area contributed by atoms with E-state index in [0.29, 0.717) is 6.61 Å². The van der Waals surface area contributed by atoms with E-state index in [-0.39, 0.29) is 0 Å². The molecule has 1 fully saturated rings. The Labute approximate surface area is 90.5 Å². The van der Waals surface area contributed by atoms with Gasteiger partial charge in [0.25, 0.3) is 0 Å². The van der Waals surface area contributed by atoms with Gasteiger partial charge in [-0.15, -0.1) is 0 Å². The Bertz CT molecular complexity index is 386. The Morgan fingerprint density at radius 3 is 2.93 bits per heavy atom. The lowest BCUT2D eigenvalue weighted by Crippen LogP contribution is -2.34. The summed E-state index contributed by atoms with van der Waals surface area (Å²) in [4.78, 5) is 0. The Morgan fingerprint density at radius 1 is 1.47 bits per heavy atom. The molecule has 1 aromatic carbocycles. The van der Waals surface area contributed by atoms with Crippen molar-refractivity contribution in [1.29, 1.82) is 5.26 Å². The van der Waals surface area contributed by atoms with Crippen LogP contribution in [0.3, 0.4) is 0 Å². The zero-order chi connectivity index (χ0) is 10.7. The van der Waals surface area contributed by atoms with Gasteiger partial charge in [0.05, 0.1) is 12.7 Å². The molecule has 1 saturated heterocycles. The first-order chi connectivity index (χ1) is 7.27. The fourth-order valence-electron chi connectivity index (χ4n) is 2.12. The molecule has 1 aliphatic heterocycles. The Hall–Kier alpha value is -1.33.